The SMILES string of the molecule is O=C(Nc1ccccc1-c1cn2ccsc2n1)c1ccc(Cl)cc1. The fourth-order valence-electron chi connectivity index (χ4n) is 2.47. The number of nitrogens with one attached hydrogen (secondary N) is 1. The molecule has 6 heteroatoms. The van der Waals surface area contributed by atoms with Crippen LogP contribution in [-0.4, -0.2) is 15.3 Å². The van der Waals surface area contributed by atoms with Crippen molar-refractivity contribution in [1.82, 2.24) is 9.38 Å². The number of imidazole rings is 1. The van der Waals surface area contributed by atoms with E-state index in [0.29, 0.717) is 10.6 Å². The Morgan fingerprint density at radius 3 is 2.71 bits per heavy atom. The second-order valence-corrected chi connectivity index (χ2v) is 6.54. The van der Waals surface area contributed by atoms with E-state index in [1.807, 2.05) is 46.4 Å². The van der Waals surface area contributed by atoms with Gasteiger partial charge >= 0.3 is 0 Å². The number of para-hydroxylation sites is 1. The summed E-state index contributed by atoms with van der Waals surface area (Å²) in [4.78, 5) is 18.0. The Kier molecular flexibility index (Phi) is 3.80. The van der Waals surface area contributed by atoms with Crippen LogP contribution >= 0.6 is 22.9 Å². The van der Waals surface area contributed by atoms with Crippen LogP contribution in [0.25, 0.3) is 16.2 Å². The number of fused-ring (bicyclic) bond motifs is 1. The smallest absolute Gasteiger partial charge is 0.255 e. The molecule has 0 unspecified atom stereocenters. The van der Waals surface area contributed by atoms with Gasteiger partial charge in [-0.15, -0.1) is 11.3 Å². The Morgan fingerprint density at radius 2 is 1.92 bits per heavy atom. The van der Waals surface area contributed by atoms with E-state index in [0.717, 1.165) is 21.9 Å². The molecule has 0 bridgehead atoms. The van der Waals surface area contributed by atoms with Gasteiger partial charge in [0.25, 0.3) is 5.91 Å². The second kappa shape index (κ2) is 6.11. The molecule has 0 fully saturated rings. The highest BCUT2D eigenvalue weighted by molar-refractivity contribution is 7.15. The van der Waals surface area contributed by atoms with Crippen LogP contribution in [0.3, 0.4) is 0 Å². The topological polar surface area (TPSA) is 46.4 Å². The number of benzene rings is 2. The fraction of sp³-hybridized carbons (Fsp3) is 0. The Labute approximate surface area is 147 Å². The van der Waals surface area contributed by atoms with E-state index < -0.39 is 0 Å². The molecule has 0 saturated heterocycles. The maximum atomic E-state index is 12.5. The van der Waals surface area contributed by atoms with Crippen LogP contribution in [0, 0.1) is 0 Å². The number of halogens is 1. The number of carbonyl (C=O) groups excluding carboxylic acids is 1. The third-order valence-corrected chi connectivity index (χ3v) is 4.67. The van der Waals surface area contributed by atoms with Gasteiger partial charge in [-0.3, -0.25) is 9.20 Å². The molecular weight excluding hydrogens is 342 g/mol. The minimum atomic E-state index is -0.180. The van der Waals surface area contributed by atoms with E-state index in [9.17, 15) is 4.79 Å². The first kappa shape index (κ1) is 14.9. The summed E-state index contributed by atoms with van der Waals surface area (Å²) in [6.45, 7) is 0. The van der Waals surface area contributed by atoms with Crippen LogP contribution in [0.4, 0.5) is 5.69 Å². The number of anilines is 1. The Bertz CT molecular complexity index is 992. The number of carbonyl (C=O) groups is 1. The Morgan fingerprint density at radius 1 is 1.12 bits per heavy atom. The predicted molar refractivity (Wildman–Crippen MR) is 97.9 cm³/mol. The zero-order valence-electron chi connectivity index (χ0n) is 12.4. The Balaban J connectivity index is 1.67. The normalized spacial score (nSPS) is 10.9. The van der Waals surface area contributed by atoms with Crippen molar-refractivity contribution in [2.45, 2.75) is 0 Å². The molecule has 1 amide bonds. The molecule has 0 spiro atoms. The minimum absolute atomic E-state index is 0.180. The van der Waals surface area contributed by atoms with E-state index in [1.165, 1.54) is 0 Å². The number of hydrogen-bond acceptors (Lipinski definition) is 3. The van der Waals surface area contributed by atoms with Gasteiger partial charge in [0.15, 0.2) is 4.96 Å². The zero-order valence-corrected chi connectivity index (χ0v) is 14.0. The molecule has 0 aliphatic heterocycles. The first-order chi connectivity index (χ1) is 11.7. The van der Waals surface area contributed by atoms with Crippen molar-refractivity contribution in [3.05, 3.63) is 76.9 Å². The molecule has 4 nitrogen and oxygen atoms in total. The van der Waals surface area contributed by atoms with Crippen LogP contribution in [0.5, 0.6) is 0 Å². The van der Waals surface area contributed by atoms with Crippen LogP contribution < -0.4 is 5.32 Å². The van der Waals surface area contributed by atoms with Crippen LogP contribution in [-0.2, 0) is 0 Å². The summed E-state index contributed by atoms with van der Waals surface area (Å²) in [5.74, 6) is -0.180. The summed E-state index contributed by atoms with van der Waals surface area (Å²) in [6.07, 6.45) is 3.92. The quantitative estimate of drug-likeness (QED) is 0.565. The van der Waals surface area contributed by atoms with Gasteiger partial charge in [0, 0.05) is 33.9 Å². The van der Waals surface area contributed by atoms with Crippen molar-refractivity contribution in [3.8, 4) is 11.3 Å². The fourth-order valence-corrected chi connectivity index (χ4v) is 3.29. The van der Waals surface area contributed by atoms with Crippen molar-refractivity contribution >= 4 is 39.5 Å². The van der Waals surface area contributed by atoms with Crippen LogP contribution in [0.15, 0.2) is 66.3 Å². The lowest BCUT2D eigenvalue weighted by molar-refractivity contribution is 0.102. The van der Waals surface area contributed by atoms with Gasteiger partial charge in [0.1, 0.15) is 0 Å². The highest BCUT2D eigenvalue weighted by Crippen LogP contribution is 2.28. The van der Waals surface area contributed by atoms with Gasteiger partial charge in [-0.05, 0) is 30.3 Å². The molecule has 4 aromatic rings. The number of hydrogen-bond donors (Lipinski definition) is 1. The molecular formula is C18H12ClN3OS. The van der Waals surface area contributed by atoms with E-state index in [2.05, 4.69) is 10.3 Å². The van der Waals surface area contributed by atoms with Crippen LogP contribution in [0.2, 0.25) is 5.02 Å². The molecule has 0 aliphatic rings. The van der Waals surface area contributed by atoms with Gasteiger partial charge in [-0.1, -0.05) is 29.8 Å². The number of rotatable bonds is 3. The molecule has 0 aliphatic carbocycles. The summed E-state index contributed by atoms with van der Waals surface area (Å²) in [6, 6.07) is 14.4. The van der Waals surface area contributed by atoms with Crippen molar-refractivity contribution < 1.29 is 4.79 Å². The Hall–Kier alpha value is -2.63. The van der Waals surface area contributed by atoms with Crippen molar-refractivity contribution in [2.75, 3.05) is 5.32 Å². The number of amides is 1. The summed E-state index contributed by atoms with van der Waals surface area (Å²) >= 11 is 7.44. The van der Waals surface area contributed by atoms with E-state index in [1.54, 1.807) is 35.6 Å². The van der Waals surface area contributed by atoms with E-state index in [-0.39, 0.29) is 5.91 Å². The molecule has 4 rings (SSSR count). The lowest BCUT2D eigenvalue weighted by Gasteiger charge is -2.09. The summed E-state index contributed by atoms with van der Waals surface area (Å²) in [5, 5.41) is 5.54. The highest BCUT2D eigenvalue weighted by atomic mass is 35.5. The van der Waals surface area contributed by atoms with Gasteiger partial charge in [-0.25, -0.2) is 4.98 Å². The first-order valence-electron chi connectivity index (χ1n) is 7.29. The molecule has 0 atom stereocenters. The van der Waals surface area contributed by atoms with Crippen molar-refractivity contribution in [2.24, 2.45) is 0 Å². The number of nitrogens with zero attached hydrogens (tertiary/aromatic N) is 2. The van der Waals surface area contributed by atoms with E-state index >= 15 is 0 Å². The van der Waals surface area contributed by atoms with Crippen molar-refractivity contribution in [1.29, 1.82) is 0 Å². The summed E-state index contributed by atoms with van der Waals surface area (Å²) < 4.78 is 1.97. The van der Waals surface area contributed by atoms with Crippen LogP contribution in [0.1, 0.15) is 10.4 Å². The van der Waals surface area contributed by atoms with Gasteiger partial charge in [0.2, 0.25) is 0 Å². The van der Waals surface area contributed by atoms with Gasteiger partial charge in [-0.2, -0.15) is 0 Å². The highest BCUT2D eigenvalue weighted by Gasteiger charge is 2.12. The maximum absolute atomic E-state index is 12.5. The van der Waals surface area contributed by atoms with Crippen molar-refractivity contribution in [3.63, 3.8) is 0 Å². The third-order valence-electron chi connectivity index (χ3n) is 3.65. The average Bonchev–Trinajstić information content (AvgIpc) is 3.17. The second-order valence-electron chi connectivity index (χ2n) is 5.23. The van der Waals surface area contributed by atoms with E-state index in [4.69, 9.17) is 11.6 Å². The molecule has 0 radical (unpaired) electrons. The van der Waals surface area contributed by atoms with Gasteiger partial charge < -0.3 is 5.32 Å². The third kappa shape index (κ3) is 2.79. The predicted octanol–water partition coefficient (Wildman–Crippen LogP) is 4.97. The first-order valence-corrected chi connectivity index (χ1v) is 8.55. The van der Waals surface area contributed by atoms with Gasteiger partial charge in [0.05, 0.1) is 11.4 Å². The molecule has 2 aromatic heterocycles. The average molecular weight is 354 g/mol. The zero-order chi connectivity index (χ0) is 16.5. The monoisotopic (exact) mass is 353 g/mol. The molecule has 2 aromatic carbocycles. The number of aromatic nitrogens is 2. The number of thiazole rings is 1. The summed E-state index contributed by atoms with van der Waals surface area (Å²) in [5.41, 5.74) is 2.99. The molecule has 0 saturated carbocycles. The molecule has 24 heavy (non-hydrogen) atoms. The lowest BCUT2D eigenvalue weighted by Crippen LogP contribution is -2.12. The molecule has 118 valence electrons. The maximum Gasteiger partial charge on any atom is 0.255 e. The molecule has 1 N–H and O–H groups in total. The lowest BCUT2D eigenvalue weighted by atomic mass is 10.1. The molecule has 2 heterocycles. The standard InChI is InChI=1S/C18H12ClN3OS/c19-13-7-5-12(6-8-13)17(23)20-15-4-2-1-3-14(15)16-11-22-9-10-24-18(22)21-16/h1-11H,(H,20,23). The minimum Gasteiger partial charge on any atom is -0.321 e. The summed E-state index contributed by atoms with van der Waals surface area (Å²) in [7, 11) is 0. The largest absolute Gasteiger partial charge is 0.321 e.